The Morgan fingerprint density at radius 1 is 1.44 bits per heavy atom. The topological polar surface area (TPSA) is 29.9 Å². The number of nitrogens with zero attached hydrogens (tertiary/aromatic N) is 2. The fraction of sp³-hybridized carbons (Fsp3) is 0.800. The predicted molar refractivity (Wildman–Crippen MR) is 75.7 cm³/mol. The summed E-state index contributed by atoms with van der Waals surface area (Å²) in [4.78, 5) is 0. The lowest BCUT2D eigenvalue weighted by molar-refractivity contribution is 0.259. The zero-order valence-corrected chi connectivity index (χ0v) is 12.1. The van der Waals surface area contributed by atoms with Crippen molar-refractivity contribution in [3.63, 3.8) is 0 Å². The fourth-order valence-corrected chi connectivity index (χ4v) is 2.85. The number of nitrogens with one attached hydrogen (secondary N) is 1. The summed E-state index contributed by atoms with van der Waals surface area (Å²) in [5.74, 6) is 0.966. The van der Waals surface area contributed by atoms with Gasteiger partial charge in [-0.05, 0) is 31.4 Å². The Kier molecular flexibility index (Phi) is 4.81. The molecule has 0 bridgehead atoms. The van der Waals surface area contributed by atoms with Gasteiger partial charge in [0.05, 0.1) is 5.69 Å². The fourth-order valence-electron chi connectivity index (χ4n) is 2.85. The van der Waals surface area contributed by atoms with Gasteiger partial charge in [-0.2, -0.15) is 5.10 Å². The summed E-state index contributed by atoms with van der Waals surface area (Å²) in [6.45, 7) is 5.44. The van der Waals surface area contributed by atoms with Gasteiger partial charge in [0.2, 0.25) is 0 Å². The normalized spacial score (nSPS) is 17.7. The van der Waals surface area contributed by atoms with Crippen LogP contribution in [0.25, 0.3) is 0 Å². The van der Waals surface area contributed by atoms with Crippen LogP contribution in [0.5, 0.6) is 0 Å². The van der Waals surface area contributed by atoms with Gasteiger partial charge in [0.1, 0.15) is 0 Å². The van der Waals surface area contributed by atoms with E-state index in [2.05, 4.69) is 42.1 Å². The highest BCUT2D eigenvalue weighted by molar-refractivity contribution is 5.11. The molecule has 1 aliphatic carbocycles. The van der Waals surface area contributed by atoms with Crippen LogP contribution in [0.4, 0.5) is 0 Å². The molecule has 1 fully saturated rings. The molecule has 0 aromatic carbocycles. The second kappa shape index (κ2) is 6.37. The molecular weight excluding hydrogens is 222 g/mol. The molecule has 2 rings (SSSR count). The highest BCUT2D eigenvalue weighted by atomic mass is 15.3. The minimum atomic E-state index is 0.625. The van der Waals surface area contributed by atoms with Crippen molar-refractivity contribution in [2.24, 2.45) is 13.0 Å². The smallest absolute Gasteiger partial charge is 0.0624 e. The third kappa shape index (κ3) is 3.35. The van der Waals surface area contributed by atoms with Crippen LogP contribution < -0.4 is 5.32 Å². The summed E-state index contributed by atoms with van der Waals surface area (Å²) >= 11 is 0. The monoisotopic (exact) mass is 249 g/mol. The highest BCUT2D eigenvalue weighted by Gasteiger charge is 2.22. The van der Waals surface area contributed by atoms with Crippen molar-refractivity contribution in [3.8, 4) is 0 Å². The molecule has 0 spiro atoms. The maximum absolute atomic E-state index is 4.54. The molecule has 18 heavy (non-hydrogen) atoms. The molecule has 1 aromatic rings. The molecule has 1 heterocycles. The SMILES string of the molecule is CCNC(Cc1cc(CC)nn1C)CC1CCC1. The predicted octanol–water partition coefficient (Wildman–Crippen LogP) is 2.69. The van der Waals surface area contributed by atoms with Crippen molar-refractivity contribution in [1.82, 2.24) is 15.1 Å². The quantitative estimate of drug-likeness (QED) is 0.805. The third-order valence-corrected chi connectivity index (χ3v) is 4.18. The molecule has 3 heteroatoms. The van der Waals surface area contributed by atoms with E-state index in [0.29, 0.717) is 6.04 Å². The number of aromatic nitrogens is 2. The molecule has 1 atom stereocenters. The summed E-state index contributed by atoms with van der Waals surface area (Å²) < 4.78 is 2.06. The summed E-state index contributed by atoms with van der Waals surface area (Å²) in [5, 5.41) is 8.19. The lowest BCUT2D eigenvalue weighted by atomic mass is 9.80. The van der Waals surface area contributed by atoms with E-state index >= 15 is 0 Å². The maximum Gasteiger partial charge on any atom is 0.0624 e. The Hall–Kier alpha value is -0.830. The maximum atomic E-state index is 4.54. The van der Waals surface area contributed by atoms with Crippen molar-refractivity contribution >= 4 is 0 Å². The number of likely N-dealkylation sites (N-methyl/N-ethyl adjacent to an activating group) is 1. The molecule has 0 saturated heterocycles. The average molecular weight is 249 g/mol. The Morgan fingerprint density at radius 2 is 2.22 bits per heavy atom. The van der Waals surface area contributed by atoms with Crippen molar-refractivity contribution in [2.45, 2.75) is 58.4 Å². The molecule has 102 valence electrons. The largest absolute Gasteiger partial charge is 0.314 e. The molecular formula is C15H27N3. The Bertz CT molecular complexity index is 366. The summed E-state index contributed by atoms with van der Waals surface area (Å²) in [7, 11) is 2.07. The van der Waals surface area contributed by atoms with Gasteiger partial charge in [-0.25, -0.2) is 0 Å². The zero-order chi connectivity index (χ0) is 13.0. The van der Waals surface area contributed by atoms with Gasteiger partial charge < -0.3 is 5.32 Å². The highest BCUT2D eigenvalue weighted by Crippen LogP contribution is 2.31. The zero-order valence-electron chi connectivity index (χ0n) is 12.1. The summed E-state index contributed by atoms with van der Waals surface area (Å²) in [6, 6.07) is 2.89. The number of aryl methyl sites for hydroxylation is 2. The summed E-state index contributed by atoms with van der Waals surface area (Å²) in [6.07, 6.45) is 7.80. The minimum Gasteiger partial charge on any atom is -0.314 e. The Morgan fingerprint density at radius 3 is 2.72 bits per heavy atom. The van der Waals surface area contributed by atoms with Gasteiger partial charge in [-0.1, -0.05) is 33.1 Å². The first-order chi connectivity index (χ1) is 8.72. The first kappa shape index (κ1) is 13.6. The van der Waals surface area contributed by atoms with Crippen LogP contribution in [0.15, 0.2) is 6.07 Å². The average Bonchev–Trinajstić information content (AvgIpc) is 2.65. The Balaban J connectivity index is 1.95. The molecule has 1 unspecified atom stereocenters. The standard InChI is InChI=1S/C15H27N3/c1-4-13-10-15(18(3)17-13)11-14(16-5-2)9-12-7-6-8-12/h10,12,14,16H,4-9,11H2,1-3H3. The molecule has 1 aromatic heterocycles. The number of hydrogen-bond acceptors (Lipinski definition) is 2. The van der Waals surface area contributed by atoms with Crippen LogP contribution in [-0.4, -0.2) is 22.4 Å². The third-order valence-electron chi connectivity index (χ3n) is 4.18. The second-order valence-electron chi connectivity index (χ2n) is 5.60. The molecule has 1 saturated carbocycles. The van der Waals surface area contributed by atoms with Gasteiger partial charge >= 0.3 is 0 Å². The van der Waals surface area contributed by atoms with Crippen molar-refractivity contribution in [1.29, 1.82) is 0 Å². The molecule has 1 N–H and O–H groups in total. The van der Waals surface area contributed by atoms with Gasteiger partial charge in [-0.15, -0.1) is 0 Å². The lowest BCUT2D eigenvalue weighted by Gasteiger charge is -2.30. The van der Waals surface area contributed by atoms with Crippen molar-refractivity contribution < 1.29 is 0 Å². The molecule has 0 radical (unpaired) electrons. The van der Waals surface area contributed by atoms with Gasteiger partial charge in [-0.3, -0.25) is 4.68 Å². The van der Waals surface area contributed by atoms with E-state index in [0.717, 1.165) is 25.3 Å². The molecule has 0 aliphatic heterocycles. The molecule has 0 amide bonds. The van der Waals surface area contributed by atoms with E-state index in [1.54, 1.807) is 0 Å². The van der Waals surface area contributed by atoms with Crippen molar-refractivity contribution in [3.05, 3.63) is 17.5 Å². The molecule has 3 nitrogen and oxygen atoms in total. The first-order valence-corrected chi connectivity index (χ1v) is 7.48. The van der Waals surface area contributed by atoms with Gasteiger partial charge in [0.15, 0.2) is 0 Å². The van der Waals surface area contributed by atoms with Crippen molar-refractivity contribution in [2.75, 3.05) is 6.54 Å². The molecule has 1 aliphatic rings. The summed E-state index contributed by atoms with van der Waals surface area (Å²) in [5.41, 5.74) is 2.59. The first-order valence-electron chi connectivity index (χ1n) is 7.48. The number of rotatable bonds is 7. The van der Waals surface area contributed by atoms with Gasteiger partial charge in [0, 0.05) is 25.2 Å². The van der Waals surface area contributed by atoms with E-state index < -0.39 is 0 Å². The van der Waals surface area contributed by atoms with Gasteiger partial charge in [0.25, 0.3) is 0 Å². The van der Waals surface area contributed by atoms with Crippen LogP contribution in [0.3, 0.4) is 0 Å². The van der Waals surface area contributed by atoms with Crippen LogP contribution in [0.2, 0.25) is 0 Å². The van der Waals surface area contributed by atoms with Crippen LogP contribution in [0, 0.1) is 5.92 Å². The van der Waals surface area contributed by atoms with Crippen LogP contribution in [0.1, 0.15) is 50.9 Å². The van der Waals surface area contributed by atoms with Crippen LogP contribution >= 0.6 is 0 Å². The van der Waals surface area contributed by atoms with Crippen LogP contribution in [-0.2, 0) is 19.9 Å². The van der Waals surface area contributed by atoms with E-state index in [9.17, 15) is 0 Å². The minimum absolute atomic E-state index is 0.625. The Labute approximate surface area is 111 Å². The van der Waals surface area contributed by atoms with E-state index in [1.165, 1.54) is 37.1 Å². The lowest BCUT2D eigenvalue weighted by Crippen LogP contribution is -2.35. The van der Waals surface area contributed by atoms with E-state index in [4.69, 9.17) is 0 Å². The second-order valence-corrected chi connectivity index (χ2v) is 5.60. The van der Waals surface area contributed by atoms with E-state index in [1.807, 2.05) is 0 Å². The van der Waals surface area contributed by atoms with E-state index in [-0.39, 0.29) is 0 Å². The number of hydrogen-bond donors (Lipinski definition) is 1.